The summed E-state index contributed by atoms with van der Waals surface area (Å²) in [4.78, 5) is 24.6. The van der Waals surface area contributed by atoms with Crippen LogP contribution in [0.2, 0.25) is 0 Å². The first-order valence-corrected chi connectivity index (χ1v) is 8.45. The molecule has 7 atom stereocenters. The molecule has 3 aliphatic rings. The van der Waals surface area contributed by atoms with Gasteiger partial charge in [0.05, 0.1) is 4.83 Å². The van der Waals surface area contributed by atoms with E-state index in [0.717, 1.165) is 6.42 Å². The lowest BCUT2D eigenvalue weighted by molar-refractivity contribution is -0.134. The highest BCUT2D eigenvalue weighted by Crippen LogP contribution is 2.52. The number of fused-ring (bicyclic) bond motifs is 6. The van der Waals surface area contributed by atoms with E-state index in [1.54, 1.807) is 0 Å². The molecular weight excluding hydrogens is 416 g/mol. The maximum Gasteiger partial charge on any atom is 0.150 e. The second kappa shape index (κ2) is 4.27. The van der Waals surface area contributed by atoms with Gasteiger partial charge in [0, 0.05) is 27.4 Å². The van der Waals surface area contributed by atoms with Crippen LogP contribution in [-0.4, -0.2) is 26.0 Å². The van der Waals surface area contributed by atoms with E-state index in [1.807, 2.05) is 12.2 Å². The van der Waals surface area contributed by atoms with Gasteiger partial charge in [0.15, 0.2) is 5.78 Å². The minimum Gasteiger partial charge on any atom is -0.299 e. The third kappa shape index (κ3) is 1.68. The van der Waals surface area contributed by atoms with Crippen LogP contribution >= 0.6 is 47.8 Å². The fourth-order valence-corrected chi connectivity index (χ4v) is 5.97. The van der Waals surface area contributed by atoms with Crippen LogP contribution in [0.25, 0.3) is 0 Å². The van der Waals surface area contributed by atoms with Crippen LogP contribution in [0.5, 0.6) is 0 Å². The van der Waals surface area contributed by atoms with Crippen molar-refractivity contribution >= 4 is 59.4 Å². The van der Waals surface area contributed by atoms with Crippen LogP contribution in [-0.2, 0) is 9.59 Å². The van der Waals surface area contributed by atoms with E-state index in [9.17, 15) is 9.59 Å². The lowest BCUT2D eigenvalue weighted by atomic mass is 9.71. The lowest BCUT2D eigenvalue weighted by Gasteiger charge is -2.34. The minimum atomic E-state index is -0.176. The molecule has 4 bridgehead atoms. The first-order chi connectivity index (χ1) is 8.02. The number of carbonyl (C=O) groups excluding carboxylic acids is 2. The van der Waals surface area contributed by atoms with Crippen LogP contribution < -0.4 is 0 Å². The first-order valence-electron chi connectivity index (χ1n) is 5.70. The van der Waals surface area contributed by atoms with E-state index in [2.05, 4.69) is 47.8 Å². The summed E-state index contributed by atoms with van der Waals surface area (Å²) in [6.45, 7) is 0. The molecule has 0 radical (unpaired) electrons. The van der Waals surface area contributed by atoms with Crippen molar-refractivity contribution < 1.29 is 9.59 Å². The molecule has 0 saturated heterocycles. The summed E-state index contributed by atoms with van der Waals surface area (Å²) in [5.74, 6) is 0.282. The van der Waals surface area contributed by atoms with Crippen molar-refractivity contribution in [2.45, 2.75) is 20.9 Å². The first kappa shape index (κ1) is 12.5. The molecule has 0 unspecified atom stereocenters. The summed E-state index contributed by atoms with van der Waals surface area (Å²) < 4.78 is 0. The SMILES string of the molecule is O=C1[C@@H]2[C@H](Br)C=C[C@H](Br)[C@H]1[C@H]1C[C@@H]2C(=O)[C@@H]1Br. The van der Waals surface area contributed by atoms with Gasteiger partial charge in [0.1, 0.15) is 5.78 Å². The molecule has 2 fully saturated rings. The summed E-state index contributed by atoms with van der Waals surface area (Å²) in [6, 6.07) is 0. The Kier molecular flexibility index (Phi) is 3.15. The standard InChI is InChI=1S/C12H11Br3O2/c13-6-1-2-7(14)9-5-3-4(8(6)12(9)17)10(15)11(5)16/h1-2,4-10H,3H2/t4-,5+,6+,7-,8-,9+,10-/m1/s1. The zero-order valence-electron chi connectivity index (χ0n) is 8.85. The molecule has 92 valence electrons. The van der Waals surface area contributed by atoms with Crippen molar-refractivity contribution in [2.75, 3.05) is 0 Å². The zero-order valence-corrected chi connectivity index (χ0v) is 13.6. The Bertz CT molecular complexity index is 420. The molecule has 3 aliphatic carbocycles. The normalized spacial score (nSPS) is 52.8. The molecule has 0 spiro atoms. The van der Waals surface area contributed by atoms with Crippen molar-refractivity contribution in [2.24, 2.45) is 23.7 Å². The Morgan fingerprint density at radius 3 is 2.18 bits per heavy atom. The van der Waals surface area contributed by atoms with Gasteiger partial charge in [0.2, 0.25) is 0 Å². The van der Waals surface area contributed by atoms with Crippen LogP contribution in [0.15, 0.2) is 12.2 Å². The predicted molar refractivity (Wildman–Crippen MR) is 75.9 cm³/mol. The van der Waals surface area contributed by atoms with Gasteiger partial charge in [-0.3, -0.25) is 9.59 Å². The van der Waals surface area contributed by atoms with Crippen LogP contribution in [0.4, 0.5) is 0 Å². The summed E-state index contributed by atoms with van der Waals surface area (Å²) in [5, 5.41) is 0. The van der Waals surface area contributed by atoms with Gasteiger partial charge in [-0.15, -0.1) is 0 Å². The molecule has 2 saturated carbocycles. The molecule has 5 heteroatoms. The average molecular weight is 427 g/mol. The van der Waals surface area contributed by atoms with Crippen LogP contribution in [0.1, 0.15) is 6.42 Å². The Morgan fingerprint density at radius 2 is 1.53 bits per heavy atom. The van der Waals surface area contributed by atoms with Gasteiger partial charge in [-0.1, -0.05) is 59.9 Å². The van der Waals surface area contributed by atoms with Crippen molar-refractivity contribution in [3.8, 4) is 0 Å². The van der Waals surface area contributed by atoms with E-state index in [0.29, 0.717) is 0 Å². The zero-order chi connectivity index (χ0) is 12.3. The van der Waals surface area contributed by atoms with E-state index in [-0.39, 0.29) is 49.7 Å². The Morgan fingerprint density at radius 1 is 0.941 bits per heavy atom. The summed E-state index contributed by atoms with van der Waals surface area (Å²) in [5.41, 5.74) is 0. The van der Waals surface area contributed by atoms with Gasteiger partial charge in [-0.25, -0.2) is 0 Å². The second-order valence-corrected chi connectivity index (χ2v) is 8.14. The fraction of sp³-hybridized carbons (Fsp3) is 0.667. The quantitative estimate of drug-likeness (QED) is 0.441. The molecule has 0 heterocycles. The average Bonchev–Trinajstić information content (AvgIpc) is 2.50. The number of Topliss-reactive ketones (excluding diaryl/α,β-unsaturated/α-hetero) is 2. The summed E-state index contributed by atoms with van der Waals surface area (Å²) in [6.07, 6.45) is 4.91. The number of ketones is 2. The largest absolute Gasteiger partial charge is 0.299 e. The van der Waals surface area contributed by atoms with Crippen LogP contribution in [0, 0.1) is 23.7 Å². The summed E-state index contributed by atoms with van der Waals surface area (Å²) >= 11 is 10.6. The van der Waals surface area contributed by atoms with E-state index >= 15 is 0 Å². The smallest absolute Gasteiger partial charge is 0.150 e. The lowest BCUT2D eigenvalue weighted by Crippen LogP contribution is -2.42. The van der Waals surface area contributed by atoms with Gasteiger partial charge in [-0.05, 0) is 12.3 Å². The fourth-order valence-electron chi connectivity index (χ4n) is 3.45. The predicted octanol–water partition coefficient (Wildman–Crippen LogP) is 2.87. The highest BCUT2D eigenvalue weighted by atomic mass is 79.9. The van der Waals surface area contributed by atoms with Gasteiger partial charge >= 0.3 is 0 Å². The number of hydrogen-bond donors (Lipinski definition) is 0. The second-order valence-electron chi connectivity index (χ2n) is 5.04. The Hall–Kier alpha value is 0.520. The summed E-state index contributed by atoms with van der Waals surface area (Å²) in [7, 11) is 0. The third-order valence-electron chi connectivity index (χ3n) is 4.26. The van der Waals surface area contributed by atoms with Crippen molar-refractivity contribution in [1.82, 2.24) is 0 Å². The molecule has 0 aromatic rings. The highest BCUT2D eigenvalue weighted by molar-refractivity contribution is 9.10. The molecule has 17 heavy (non-hydrogen) atoms. The maximum atomic E-state index is 12.5. The highest BCUT2D eigenvalue weighted by Gasteiger charge is 2.59. The number of hydrogen-bond acceptors (Lipinski definition) is 2. The molecule has 0 amide bonds. The third-order valence-corrected chi connectivity index (χ3v) is 7.14. The molecule has 0 aromatic carbocycles. The van der Waals surface area contributed by atoms with E-state index < -0.39 is 0 Å². The van der Waals surface area contributed by atoms with Gasteiger partial charge < -0.3 is 0 Å². The molecule has 0 aromatic heterocycles. The molecular formula is C12H11Br3O2. The van der Waals surface area contributed by atoms with Crippen molar-refractivity contribution in [1.29, 1.82) is 0 Å². The van der Waals surface area contributed by atoms with Gasteiger partial charge in [-0.2, -0.15) is 0 Å². The Balaban J connectivity index is 2.11. The van der Waals surface area contributed by atoms with Crippen molar-refractivity contribution in [3.63, 3.8) is 0 Å². The van der Waals surface area contributed by atoms with Crippen molar-refractivity contribution in [3.05, 3.63) is 12.2 Å². The topological polar surface area (TPSA) is 34.1 Å². The van der Waals surface area contributed by atoms with Crippen LogP contribution in [0.3, 0.4) is 0 Å². The monoisotopic (exact) mass is 424 g/mol. The molecule has 0 N–H and O–H groups in total. The molecule has 2 nitrogen and oxygen atoms in total. The number of rotatable bonds is 0. The Labute approximate surface area is 125 Å². The minimum absolute atomic E-state index is 0.00671. The number of allylic oxidation sites excluding steroid dienone is 2. The van der Waals surface area contributed by atoms with E-state index in [4.69, 9.17) is 0 Å². The van der Waals surface area contributed by atoms with Gasteiger partial charge in [0.25, 0.3) is 0 Å². The molecule has 3 rings (SSSR count). The maximum absolute atomic E-state index is 12.5. The number of carbonyl (C=O) groups is 2. The number of alkyl halides is 3. The molecule has 0 aliphatic heterocycles. The van der Waals surface area contributed by atoms with E-state index in [1.165, 1.54) is 0 Å². The number of halogens is 3.